The van der Waals surface area contributed by atoms with Crippen molar-refractivity contribution in [3.05, 3.63) is 52.3 Å². The maximum Gasteiger partial charge on any atom is 0.374 e. The number of hydrogen-bond donors (Lipinski definition) is 2. The molecule has 1 aromatic heterocycles. The maximum atomic E-state index is 12.0. The molecule has 10 heteroatoms. The van der Waals surface area contributed by atoms with Gasteiger partial charge in [-0.2, -0.15) is 0 Å². The molecule has 0 spiro atoms. The summed E-state index contributed by atoms with van der Waals surface area (Å²) in [4.78, 5) is 45.7. The van der Waals surface area contributed by atoms with E-state index in [1.54, 1.807) is 0 Å². The van der Waals surface area contributed by atoms with Crippen LogP contribution in [0.25, 0.3) is 11.3 Å². The molecule has 154 valence electrons. The Balaban J connectivity index is 1.87. The van der Waals surface area contributed by atoms with Crippen LogP contribution in [0.5, 0.6) is 0 Å². The van der Waals surface area contributed by atoms with E-state index in [4.69, 9.17) is 9.15 Å². The zero-order valence-electron chi connectivity index (χ0n) is 16.0. The lowest BCUT2D eigenvalue weighted by Crippen LogP contribution is -2.46. The summed E-state index contributed by atoms with van der Waals surface area (Å²) in [6.07, 6.45) is 0.773. The van der Waals surface area contributed by atoms with Crippen LogP contribution in [0.1, 0.15) is 30.8 Å². The summed E-state index contributed by atoms with van der Waals surface area (Å²) in [6, 6.07) is 7.74. The molecular weight excluding hydrogens is 382 g/mol. The molecular formula is C19H21N3O7. The van der Waals surface area contributed by atoms with Gasteiger partial charge in [0, 0.05) is 24.2 Å². The fraction of sp³-hybridized carbons (Fsp3) is 0.316. The molecule has 2 N–H and O–H groups in total. The fourth-order valence-electron chi connectivity index (χ4n) is 2.30. The number of carbonyl (C=O) groups is 3. The second-order valence-corrected chi connectivity index (χ2v) is 6.12. The molecule has 0 aliphatic rings. The Bertz CT molecular complexity index is 889. The van der Waals surface area contributed by atoms with Crippen molar-refractivity contribution >= 4 is 23.5 Å². The van der Waals surface area contributed by atoms with Crippen molar-refractivity contribution in [1.82, 2.24) is 10.6 Å². The second-order valence-electron chi connectivity index (χ2n) is 6.12. The number of benzene rings is 1. The molecule has 0 fully saturated rings. The largest absolute Gasteiger partial charge is 0.450 e. The van der Waals surface area contributed by atoms with E-state index in [-0.39, 0.29) is 17.4 Å². The molecule has 1 atom stereocenters. The van der Waals surface area contributed by atoms with Gasteiger partial charge in [0.1, 0.15) is 11.8 Å². The SMILES string of the molecule is CCCNC(=O)[C@H](C)NC(=O)COC(=O)c1ccc(-c2ccc([N+](=O)[O-])cc2)o1. The predicted octanol–water partition coefficient (Wildman–Crippen LogP) is 2.04. The Morgan fingerprint density at radius 1 is 1.17 bits per heavy atom. The van der Waals surface area contributed by atoms with E-state index >= 15 is 0 Å². The third kappa shape index (κ3) is 6.16. The molecule has 0 unspecified atom stereocenters. The molecule has 1 aromatic carbocycles. The van der Waals surface area contributed by atoms with Gasteiger partial charge in [0.25, 0.3) is 11.6 Å². The lowest BCUT2D eigenvalue weighted by Gasteiger charge is -2.13. The zero-order valence-corrected chi connectivity index (χ0v) is 16.0. The van der Waals surface area contributed by atoms with E-state index in [1.807, 2.05) is 6.92 Å². The quantitative estimate of drug-likeness (QED) is 0.371. The standard InChI is InChI=1S/C19H21N3O7/c1-3-10-20-18(24)12(2)21-17(23)11-28-19(25)16-9-8-15(29-16)13-4-6-14(7-5-13)22(26)27/h4-9,12H,3,10-11H2,1-2H3,(H,20,24)(H,21,23)/t12-/m0/s1. The summed E-state index contributed by atoms with van der Waals surface area (Å²) in [5.41, 5.74) is 0.475. The van der Waals surface area contributed by atoms with Crippen molar-refractivity contribution in [2.75, 3.05) is 13.2 Å². The number of rotatable bonds is 9. The second kappa shape index (κ2) is 10.0. The molecule has 1 heterocycles. The van der Waals surface area contributed by atoms with Crippen molar-refractivity contribution in [2.24, 2.45) is 0 Å². The number of non-ortho nitro benzene ring substituents is 1. The highest BCUT2D eigenvalue weighted by Crippen LogP contribution is 2.24. The van der Waals surface area contributed by atoms with Gasteiger partial charge in [-0.25, -0.2) is 4.79 Å². The molecule has 0 saturated heterocycles. The van der Waals surface area contributed by atoms with E-state index in [0.717, 1.165) is 6.42 Å². The topological polar surface area (TPSA) is 141 Å². The van der Waals surface area contributed by atoms with Crippen LogP contribution >= 0.6 is 0 Å². The average molecular weight is 403 g/mol. The molecule has 0 bridgehead atoms. The monoisotopic (exact) mass is 403 g/mol. The Kier molecular flexibility index (Phi) is 7.47. The van der Waals surface area contributed by atoms with Crippen molar-refractivity contribution in [3.63, 3.8) is 0 Å². The lowest BCUT2D eigenvalue weighted by molar-refractivity contribution is -0.384. The highest BCUT2D eigenvalue weighted by molar-refractivity contribution is 5.91. The van der Waals surface area contributed by atoms with Gasteiger partial charge in [-0.05, 0) is 37.6 Å². The van der Waals surface area contributed by atoms with Gasteiger partial charge in [0.05, 0.1) is 4.92 Å². The Labute approximate surface area is 166 Å². The summed E-state index contributed by atoms with van der Waals surface area (Å²) in [6.45, 7) is 3.36. The molecule has 2 amide bonds. The van der Waals surface area contributed by atoms with Crippen LogP contribution in [0.4, 0.5) is 5.69 Å². The third-order valence-electron chi connectivity index (χ3n) is 3.82. The van der Waals surface area contributed by atoms with E-state index in [0.29, 0.717) is 17.9 Å². The van der Waals surface area contributed by atoms with E-state index < -0.39 is 29.4 Å². The van der Waals surface area contributed by atoms with Gasteiger partial charge in [0.15, 0.2) is 6.61 Å². The van der Waals surface area contributed by atoms with Crippen LogP contribution in [0.15, 0.2) is 40.8 Å². The lowest BCUT2D eigenvalue weighted by atomic mass is 10.1. The summed E-state index contributed by atoms with van der Waals surface area (Å²) in [7, 11) is 0. The summed E-state index contributed by atoms with van der Waals surface area (Å²) in [5.74, 6) is -1.61. The van der Waals surface area contributed by atoms with Crippen LogP contribution in [0.2, 0.25) is 0 Å². The van der Waals surface area contributed by atoms with Gasteiger partial charge < -0.3 is 19.8 Å². The number of nitrogens with zero attached hydrogens (tertiary/aromatic N) is 1. The summed E-state index contributed by atoms with van der Waals surface area (Å²) >= 11 is 0. The highest BCUT2D eigenvalue weighted by Gasteiger charge is 2.18. The number of ether oxygens (including phenoxy) is 1. The van der Waals surface area contributed by atoms with Crippen LogP contribution in [-0.2, 0) is 14.3 Å². The minimum Gasteiger partial charge on any atom is -0.450 e. The molecule has 2 aromatic rings. The van der Waals surface area contributed by atoms with Crippen molar-refractivity contribution in [3.8, 4) is 11.3 Å². The maximum absolute atomic E-state index is 12.0. The molecule has 0 radical (unpaired) electrons. The first kappa shape index (κ1) is 21.6. The van der Waals surface area contributed by atoms with Gasteiger partial charge in [-0.1, -0.05) is 6.92 Å². The number of amides is 2. The number of esters is 1. The molecule has 2 rings (SSSR count). The molecule has 0 aliphatic heterocycles. The van der Waals surface area contributed by atoms with E-state index in [2.05, 4.69) is 10.6 Å². The number of nitro groups is 1. The van der Waals surface area contributed by atoms with Crippen LogP contribution in [0, 0.1) is 10.1 Å². The summed E-state index contributed by atoms with van der Waals surface area (Å²) in [5, 5.41) is 15.8. The summed E-state index contributed by atoms with van der Waals surface area (Å²) < 4.78 is 10.3. The number of carbonyl (C=O) groups excluding carboxylic acids is 3. The normalized spacial score (nSPS) is 11.4. The Morgan fingerprint density at radius 2 is 1.86 bits per heavy atom. The first-order valence-corrected chi connectivity index (χ1v) is 8.90. The van der Waals surface area contributed by atoms with Crippen molar-refractivity contribution in [1.29, 1.82) is 0 Å². The minimum absolute atomic E-state index is 0.0662. The van der Waals surface area contributed by atoms with Gasteiger partial charge >= 0.3 is 5.97 Å². The number of hydrogen-bond acceptors (Lipinski definition) is 7. The first-order chi connectivity index (χ1) is 13.8. The molecule has 0 saturated carbocycles. The number of furan rings is 1. The zero-order chi connectivity index (χ0) is 21.4. The number of nitrogens with one attached hydrogen (secondary N) is 2. The number of nitro benzene ring substituents is 1. The molecule has 10 nitrogen and oxygen atoms in total. The Morgan fingerprint density at radius 3 is 2.48 bits per heavy atom. The average Bonchev–Trinajstić information content (AvgIpc) is 3.20. The van der Waals surface area contributed by atoms with Gasteiger partial charge in [0.2, 0.25) is 11.7 Å². The van der Waals surface area contributed by atoms with E-state index in [1.165, 1.54) is 43.3 Å². The van der Waals surface area contributed by atoms with Crippen LogP contribution < -0.4 is 10.6 Å². The molecule has 29 heavy (non-hydrogen) atoms. The predicted molar refractivity (Wildman–Crippen MR) is 102 cm³/mol. The van der Waals surface area contributed by atoms with Gasteiger partial charge in [-0.15, -0.1) is 0 Å². The van der Waals surface area contributed by atoms with Gasteiger partial charge in [-0.3, -0.25) is 19.7 Å². The smallest absolute Gasteiger partial charge is 0.374 e. The molecule has 0 aliphatic carbocycles. The first-order valence-electron chi connectivity index (χ1n) is 8.90. The Hall–Kier alpha value is -3.69. The minimum atomic E-state index is -0.851. The fourth-order valence-corrected chi connectivity index (χ4v) is 2.30. The van der Waals surface area contributed by atoms with Crippen LogP contribution in [-0.4, -0.2) is 41.9 Å². The van der Waals surface area contributed by atoms with Crippen LogP contribution in [0.3, 0.4) is 0 Å². The van der Waals surface area contributed by atoms with E-state index in [9.17, 15) is 24.5 Å². The van der Waals surface area contributed by atoms with Crippen molar-refractivity contribution in [2.45, 2.75) is 26.3 Å². The third-order valence-corrected chi connectivity index (χ3v) is 3.82. The van der Waals surface area contributed by atoms with Crippen molar-refractivity contribution < 1.29 is 28.5 Å². The highest BCUT2D eigenvalue weighted by atomic mass is 16.6.